The van der Waals surface area contributed by atoms with E-state index < -0.39 is 10.0 Å². The number of hydrogen-bond donors (Lipinski definition) is 1. The summed E-state index contributed by atoms with van der Waals surface area (Å²) >= 11 is 0. The fourth-order valence-electron chi connectivity index (χ4n) is 2.77. The van der Waals surface area contributed by atoms with Crippen molar-refractivity contribution in [3.8, 4) is 0 Å². The topological polar surface area (TPSA) is 49.4 Å². The van der Waals surface area contributed by atoms with Gasteiger partial charge in [-0.15, -0.1) is 0 Å². The van der Waals surface area contributed by atoms with E-state index in [1.54, 1.807) is 4.31 Å². The molecule has 15 heavy (non-hydrogen) atoms. The van der Waals surface area contributed by atoms with Crippen LogP contribution in [0, 0.1) is 0 Å². The Hall–Kier alpha value is -0.130. The first-order valence-corrected chi connectivity index (χ1v) is 7.49. The molecule has 0 aromatic heterocycles. The van der Waals surface area contributed by atoms with Crippen LogP contribution in [0.25, 0.3) is 0 Å². The van der Waals surface area contributed by atoms with Crippen LogP contribution in [0.1, 0.15) is 32.6 Å². The molecule has 2 atom stereocenters. The maximum Gasteiger partial charge on any atom is 0.214 e. The van der Waals surface area contributed by atoms with Crippen LogP contribution in [0.2, 0.25) is 0 Å². The maximum absolute atomic E-state index is 12.0. The van der Waals surface area contributed by atoms with Gasteiger partial charge in [-0.3, -0.25) is 0 Å². The quantitative estimate of drug-likeness (QED) is 0.773. The monoisotopic (exact) mass is 232 g/mol. The largest absolute Gasteiger partial charge is 0.311 e. The van der Waals surface area contributed by atoms with Gasteiger partial charge in [0.2, 0.25) is 10.0 Å². The second-order valence-corrected chi connectivity index (χ2v) is 6.53. The number of piperazine rings is 1. The Kier molecular flexibility index (Phi) is 3.33. The number of sulfonamides is 1. The van der Waals surface area contributed by atoms with E-state index in [2.05, 4.69) is 5.32 Å². The molecule has 1 aliphatic heterocycles. The van der Waals surface area contributed by atoms with Crippen LogP contribution in [0.3, 0.4) is 0 Å². The molecule has 0 spiro atoms. The van der Waals surface area contributed by atoms with Crippen LogP contribution in [-0.4, -0.2) is 43.6 Å². The zero-order valence-corrected chi connectivity index (χ0v) is 10.1. The van der Waals surface area contributed by atoms with Gasteiger partial charge in [0.25, 0.3) is 0 Å². The van der Waals surface area contributed by atoms with Crippen LogP contribution >= 0.6 is 0 Å². The van der Waals surface area contributed by atoms with Gasteiger partial charge < -0.3 is 5.32 Å². The molecule has 0 aromatic rings. The second kappa shape index (κ2) is 4.39. The average molecular weight is 232 g/mol. The summed E-state index contributed by atoms with van der Waals surface area (Å²) in [4.78, 5) is 0. The van der Waals surface area contributed by atoms with E-state index in [1.165, 1.54) is 0 Å². The van der Waals surface area contributed by atoms with Crippen molar-refractivity contribution in [2.75, 3.05) is 18.8 Å². The van der Waals surface area contributed by atoms with Crippen LogP contribution in [0.15, 0.2) is 0 Å². The van der Waals surface area contributed by atoms with E-state index in [4.69, 9.17) is 0 Å². The van der Waals surface area contributed by atoms with Gasteiger partial charge in [0.15, 0.2) is 0 Å². The van der Waals surface area contributed by atoms with Crippen LogP contribution in [0.5, 0.6) is 0 Å². The van der Waals surface area contributed by atoms with Crippen molar-refractivity contribution in [3.63, 3.8) is 0 Å². The van der Waals surface area contributed by atoms with Gasteiger partial charge in [-0.2, -0.15) is 4.31 Å². The first-order chi connectivity index (χ1) is 7.15. The number of nitrogens with one attached hydrogen (secondary N) is 1. The van der Waals surface area contributed by atoms with Crippen LogP contribution in [0.4, 0.5) is 0 Å². The van der Waals surface area contributed by atoms with E-state index >= 15 is 0 Å². The van der Waals surface area contributed by atoms with Gasteiger partial charge in [-0.1, -0.05) is 13.3 Å². The van der Waals surface area contributed by atoms with Gasteiger partial charge in [0, 0.05) is 25.2 Å². The summed E-state index contributed by atoms with van der Waals surface area (Å²) in [6, 6.07) is 0.640. The molecule has 1 heterocycles. The first kappa shape index (κ1) is 11.4. The third kappa shape index (κ3) is 2.19. The second-order valence-electron chi connectivity index (χ2n) is 4.49. The maximum atomic E-state index is 12.0. The third-order valence-electron chi connectivity index (χ3n) is 3.41. The van der Waals surface area contributed by atoms with Crippen molar-refractivity contribution in [1.29, 1.82) is 0 Å². The Morgan fingerprint density at radius 2 is 2.20 bits per heavy atom. The van der Waals surface area contributed by atoms with Crippen molar-refractivity contribution >= 4 is 10.0 Å². The van der Waals surface area contributed by atoms with Crippen LogP contribution < -0.4 is 5.32 Å². The lowest BCUT2D eigenvalue weighted by Gasteiger charge is -2.37. The Balaban J connectivity index is 2.14. The molecule has 2 rings (SSSR count). The standard InChI is InChI=1S/C10H20N2O2S/c1-2-8-15(13,14)12-7-6-11-9-4-3-5-10(9)12/h9-11H,2-8H2,1H3. The predicted molar refractivity (Wildman–Crippen MR) is 60.2 cm³/mol. The fraction of sp³-hybridized carbons (Fsp3) is 1.00. The lowest BCUT2D eigenvalue weighted by molar-refractivity contribution is 0.232. The summed E-state index contributed by atoms with van der Waals surface area (Å²) < 4.78 is 25.8. The molecule has 1 aliphatic carbocycles. The molecular weight excluding hydrogens is 212 g/mol. The Morgan fingerprint density at radius 3 is 2.93 bits per heavy atom. The Bertz CT molecular complexity index is 315. The van der Waals surface area contributed by atoms with Crippen molar-refractivity contribution in [3.05, 3.63) is 0 Å². The van der Waals surface area contributed by atoms with Gasteiger partial charge >= 0.3 is 0 Å². The van der Waals surface area contributed by atoms with E-state index in [0.717, 1.165) is 25.8 Å². The lowest BCUT2D eigenvalue weighted by atomic mass is 10.1. The molecule has 0 bridgehead atoms. The third-order valence-corrected chi connectivity index (χ3v) is 5.50. The van der Waals surface area contributed by atoms with Crippen molar-refractivity contribution in [2.24, 2.45) is 0 Å². The Morgan fingerprint density at radius 1 is 1.40 bits per heavy atom. The summed E-state index contributed by atoms with van der Waals surface area (Å²) in [5.74, 6) is 0.302. The summed E-state index contributed by atoms with van der Waals surface area (Å²) in [7, 11) is -2.99. The lowest BCUT2D eigenvalue weighted by Crippen LogP contribution is -2.57. The zero-order chi connectivity index (χ0) is 10.9. The van der Waals surface area contributed by atoms with E-state index in [9.17, 15) is 8.42 Å². The average Bonchev–Trinajstić information content (AvgIpc) is 2.64. The minimum Gasteiger partial charge on any atom is -0.311 e. The molecule has 0 amide bonds. The normalized spacial score (nSPS) is 32.9. The zero-order valence-electron chi connectivity index (χ0n) is 9.28. The highest BCUT2D eigenvalue weighted by Gasteiger charge is 2.39. The predicted octanol–water partition coefficient (Wildman–Crippen LogP) is 0.552. The number of fused-ring (bicyclic) bond motifs is 1. The molecule has 1 saturated carbocycles. The van der Waals surface area contributed by atoms with Gasteiger partial charge in [0.05, 0.1) is 5.75 Å². The van der Waals surface area contributed by atoms with Gasteiger partial charge in [-0.25, -0.2) is 8.42 Å². The summed E-state index contributed by atoms with van der Waals surface area (Å²) in [5.41, 5.74) is 0. The molecule has 0 aromatic carbocycles. The van der Waals surface area contributed by atoms with Crippen LogP contribution in [-0.2, 0) is 10.0 Å². The molecule has 2 aliphatic rings. The molecule has 0 radical (unpaired) electrons. The number of hydrogen-bond acceptors (Lipinski definition) is 3. The van der Waals surface area contributed by atoms with Crippen molar-refractivity contribution < 1.29 is 8.42 Å². The van der Waals surface area contributed by atoms with Crippen molar-refractivity contribution in [1.82, 2.24) is 9.62 Å². The summed E-state index contributed by atoms with van der Waals surface area (Å²) in [6.45, 7) is 3.39. The number of rotatable bonds is 3. The molecular formula is C10H20N2O2S. The first-order valence-electron chi connectivity index (χ1n) is 5.88. The summed E-state index contributed by atoms with van der Waals surface area (Å²) in [6.07, 6.45) is 4.02. The summed E-state index contributed by atoms with van der Waals surface area (Å²) in [5, 5.41) is 3.42. The molecule has 4 nitrogen and oxygen atoms in total. The molecule has 1 saturated heterocycles. The minimum absolute atomic E-state index is 0.232. The smallest absolute Gasteiger partial charge is 0.214 e. The Labute approximate surface area is 92.1 Å². The van der Waals surface area contributed by atoms with Gasteiger partial charge in [-0.05, 0) is 19.3 Å². The molecule has 88 valence electrons. The number of nitrogens with zero attached hydrogens (tertiary/aromatic N) is 1. The molecule has 5 heteroatoms. The highest BCUT2D eigenvalue weighted by Crippen LogP contribution is 2.28. The van der Waals surface area contributed by atoms with Gasteiger partial charge in [0.1, 0.15) is 0 Å². The molecule has 2 unspecified atom stereocenters. The van der Waals surface area contributed by atoms with Crippen molar-refractivity contribution in [2.45, 2.75) is 44.7 Å². The SMILES string of the molecule is CCCS(=O)(=O)N1CCNC2CCCC21. The van der Waals surface area contributed by atoms with E-state index in [0.29, 0.717) is 24.8 Å². The molecule has 1 N–H and O–H groups in total. The van der Waals surface area contributed by atoms with E-state index in [-0.39, 0.29) is 6.04 Å². The highest BCUT2D eigenvalue weighted by molar-refractivity contribution is 7.89. The highest BCUT2D eigenvalue weighted by atomic mass is 32.2. The minimum atomic E-state index is -2.99. The molecule has 2 fully saturated rings. The van der Waals surface area contributed by atoms with E-state index in [1.807, 2.05) is 6.92 Å². The fourth-order valence-corrected chi connectivity index (χ4v) is 4.55.